The third-order valence-corrected chi connectivity index (χ3v) is 2.78. The molecule has 0 bridgehead atoms. The number of hydrogen-bond donors (Lipinski definition) is 3. The quantitative estimate of drug-likeness (QED) is 0.436. The Labute approximate surface area is 112 Å². The van der Waals surface area contributed by atoms with Crippen LogP contribution in [0.1, 0.15) is 16.2 Å². The van der Waals surface area contributed by atoms with Crippen LogP contribution in [0, 0.1) is 4.77 Å². The van der Waals surface area contributed by atoms with Gasteiger partial charge in [-0.05, 0) is 24.4 Å². The summed E-state index contributed by atoms with van der Waals surface area (Å²) in [7, 11) is 0. The van der Waals surface area contributed by atoms with E-state index in [9.17, 15) is 4.79 Å². The molecule has 2 rings (SSSR count). The number of nitrogens with one attached hydrogen (secondary N) is 2. The number of nitrogens with two attached hydrogens (primary N) is 1. The molecule has 0 unspecified atom stereocenters. The smallest absolute Gasteiger partial charge is 0.254 e. The fraction of sp³-hybridized carbons (Fsp3) is 0.111. The van der Waals surface area contributed by atoms with Gasteiger partial charge in [-0.15, -0.1) is 0 Å². The van der Waals surface area contributed by atoms with Crippen molar-refractivity contribution in [3.05, 3.63) is 39.6 Å². The van der Waals surface area contributed by atoms with Crippen LogP contribution in [0.4, 0.5) is 0 Å². The van der Waals surface area contributed by atoms with Gasteiger partial charge in [-0.3, -0.25) is 9.89 Å². The summed E-state index contributed by atoms with van der Waals surface area (Å²) in [6.07, 6.45) is 1.50. The van der Waals surface area contributed by atoms with Gasteiger partial charge in [0.1, 0.15) is 5.15 Å². The van der Waals surface area contributed by atoms with Crippen molar-refractivity contribution in [2.24, 2.45) is 0 Å². The number of aromatic nitrogens is 4. The molecule has 0 aliphatic carbocycles. The lowest BCUT2D eigenvalue weighted by molar-refractivity contribution is 0.0949. The van der Waals surface area contributed by atoms with Crippen molar-refractivity contribution in [2.45, 2.75) is 6.54 Å². The van der Waals surface area contributed by atoms with E-state index in [2.05, 4.69) is 20.5 Å². The Bertz CT molecular complexity index is 636. The highest BCUT2D eigenvalue weighted by Crippen LogP contribution is 2.11. The molecule has 2 aromatic heterocycles. The Balaban J connectivity index is 2.08. The van der Waals surface area contributed by atoms with Crippen molar-refractivity contribution in [1.29, 1.82) is 0 Å². The van der Waals surface area contributed by atoms with Crippen molar-refractivity contribution in [3.8, 4) is 0 Å². The van der Waals surface area contributed by atoms with Crippen molar-refractivity contribution in [3.63, 3.8) is 0 Å². The van der Waals surface area contributed by atoms with Crippen LogP contribution < -0.4 is 11.2 Å². The Morgan fingerprint density at radius 3 is 3.06 bits per heavy atom. The van der Waals surface area contributed by atoms with Gasteiger partial charge in [0.05, 0.1) is 12.1 Å². The van der Waals surface area contributed by atoms with Crippen LogP contribution >= 0.6 is 23.8 Å². The molecule has 0 aliphatic rings. The molecule has 94 valence electrons. The number of nitrogen functional groups attached to an aromatic ring is 1. The summed E-state index contributed by atoms with van der Waals surface area (Å²) in [5.41, 5.74) is 0.289. The molecule has 0 saturated carbocycles. The number of carbonyl (C=O) groups excluding carboxylic acids is 1. The van der Waals surface area contributed by atoms with Crippen molar-refractivity contribution >= 4 is 29.7 Å². The number of carbonyl (C=O) groups is 1. The molecule has 2 aromatic rings. The van der Waals surface area contributed by atoms with Crippen LogP contribution in [-0.4, -0.2) is 25.8 Å². The molecule has 7 nitrogen and oxygen atoms in total. The lowest BCUT2D eigenvalue weighted by Crippen LogP contribution is -2.26. The maximum Gasteiger partial charge on any atom is 0.254 e. The molecule has 2 heterocycles. The van der Waals surface area contributed by atoms with E-state index in [4.69, 9.17) is 29.7 Å². The molecule has 18 heavy (non-hydrogen) atoms. The van der Waals surface area contributed by atoms with Crippen molar-refractivity contribution < 1.29 is 4.79 Å². The first kappa shape index (κ1) is 12.5. The number of amides is 1. The zero-order valence-electron chi connectivity index (χ0n) is 9.05. The highest BCUT2D eigenvalue weighted by atomic mass is 35.5. The standard InChI is InChI=1S/C9H9ClN6OS/c10-7-5(2-1-3-12-7)8(17)13-4-6-14-15-9(18)16(6)11/h1-3H,4,11H2,(H,13,17)(H,15,18). The van der Waals surface area contributed by atoms with Gasteiger partial charge < -0.3 is 11.2 Å². The average molecular weight is 285 g/mol. The summed E-state index contributed by atoms with van der Waals surface area (Å²) >= 11 is 10.6. The van der Waals surface area contributed by atoms with E-state index in [1.807, 2.05) is 0 Å². The normalized spacial score (nSPS) is 10.3. The van der Waals surface area contributed by atoms with E-state index in [0.717, 1.165) is 0 Å². The van der Waals surface area contributed by atoms with E-state index >= 15 is 0 Å². The van der Waals surface area contributed by atoms with Crippen LogP contribution in [0.15, 0.2) is 18.3 Å². The van der Waals surface area contributed by atoms with Gasteiger partial charge in [0, 0.05) is 6.20 Å². The van der Waals surface area contributed by atoms with Crippen molar-refractivity contribution in [1.82, 2.24) is 25.2 Å². The minimum atomic E-state index is -0.359. The van der Waals surface area contributed by atoms with E-state index in [-0.39, 0.29) is 27.9 Å². The number of rotatable bonds is 3. The fourth-order valence-electron chi connectivity index (χ4n) is 1.27. The number of aromatic amines is 1. The lowest BCUT2D eigenvalue weighted by atomic mass is 10.2. The highest BCUT2D eigenvalue weighted by Gasteiger charge is 2.11. The van der Waals surface area contributed by atoms with Crippen LogP contribution in [0.25, 0.3) is 0 Å². The van der Waals surface area contributed by atoms with Crippen molar-refractivity contribution in [2.75, 3.05) is 5.84 Å². The Morgan fingerprint density at radius 1 is 1.67 bits per heavy atom. The minimum Gasteiger partial charge on any atom is -0.345 e. The SMILES string of the molecule is Nn1c(CNC(=O)c2cccnc2Cl)n[nH]c1=S. The summed E-state index contributed by atoms with van der Waals surface area (Å²) in [5.74, 6) is 5.64. The first-order chi connectivity index (χ1) is 8.59. The van der Waals surface area contributed by atoms with E-state index in [1.165, 1.54) is 10.9 Å². The van der Waals surface area contributed by atoms with Gasteiger partial charge in [-0.1, -0.05) is 11.6 Å². The predicted octanol–water partition coefficient (Wildman–Crippen LogP) is 0.633. The molecule has 0 atom stereocenters. The number of H-pyrrole nitrogens is 1. The number of hydrogen-bond acceptors (Lipinski definition) is 5. The Hall–Kier alpha value is -1.93. The number of nitrogens with zero attached hydrogens (tertiary/aromatic N) is 3. The van der Waals surface area contributed by atoms with Gasteiger partial charge in [-0.2, -0.15) is 5.10 Å². The largest absolute Gasteiger partial charge is 0.345 e. The summed E-state index contributed by atoms with van der Waals surface area (Å²) in [6.45, 7) is 0.133. The average Bonchev–Trinajstić information content (AvgIpc) is 2.68. The molecular formula is C9H9ClN6OS. The number of halogens is 1. The van der Waals surface area contributed by atoms with Gasteiger partial charge >= 0.3 is 0 Å². The first-order valence-electron chi connectivity index (χ1n) is 4.89. The highest BCUT2D eigenvalue weighted by molar-refractivity contribution is 7.71. The van der Waals surface area contributed by atoms with Crippen LogP contribution in [0.3, 0.4) is 0 Å². The topological polar surface area (TPSA) is 102 Å². The monoisotopic (exact) mass is 284 g/mol. The van der Waals surface area contributed by atoms with Crippen LogP contribution in [0.5, 0.6) is 0 Å². The molecule has 9 heteroatoms. The van der Waals surface area contributed by atoms with Gasteiger partial charge in [-0.25, -0.2) is 9.66 Å². The molecule has 1 amide bonds. The van der Waals surface area contributed by atoms with Crippen LogP contribution in [0.2, 0.25) is 5.15 Å². The molecule has 0 spiro atoms. The Kier molecular flexibility index (Phi) is 3.58. The van der Waals surface area contributed by atoms with E-state index < -0.39 is 0 Å². The zero-order valence-corrected chi connectivity index (χ0v) is 10.6. The third-order valence-electron chi connectivity index (χ3n) is 2.19. The summed E-state index contributed by atoms with van der Waals surface area (Å²) in [4.78, 5) is 15.6. The summed E-state index contributed by atoms with van der Waals surface area (Å²) in [6, 6.07) is 3.20. The molecule has 4 N–H and O–H groups in total. The van der Waals surface area contributed by atoms with Gasteiger partial charge in [0.2, 0.25) is 4.77 Å². The summed E-state index contributed by atoms with van der Waals surface area (Å²) < 4.78 is 1.46. The third kappa shape index (κ3) is 2.49. The van der Waals surface area contributed by atoms with E-state index in [1.54, 1.807) is 12.1 Å². The molecule has 0 aromatic carbocycles. The minimum absolute atomic E-state index is 0.133. The van der Waals surface area contributed by atoms with Gasteiger partial charge in [0.25, 0.3) is 5.91 Å². The molecule has 0 radical (unpaired) electrons. The maximum absolute atomic E-state index is 11.8. The first-order valence-corrected chi connectivity index (χ1v) is 5.68. The maximum atomic E-state index is 11.8. The molecule has 0 aliphatic heterocycles. The predicted molar refractivity (Wildman–Crippen MR) is 68.0 cm³/mol. The fourth-order valence-corrected chi connectivity index (χ4v) is 1.63. The van der Waals surface area contributed by atoms with Crippen LogP contribution in [-0.2, 0) is 6.54 Å². The Morgan fingerprint density at radius 2 is 2.44 bits per heavy atom. The second kappa shape index (κ2) is 5.15. The summed E-state index contributed by atoms with van der Waals surface area (Å²) in [5, 5.41) is 9.13. The zero-order chi connectivity index (χ0) is 13.1. The second-order valence-electron chi connectivity index (χ2n) is 3.34. The van der Waals surface area contributed by atoms with E-state index in [0.29, 0.717) is 5.82 Å². The molecule has 0 fully saturated rings. The number of pyridine rings is 1. The molecule has 0 saturated heterocycles. The molecular weight excluding hydrogens is 276 g/mol. The van der Waals surface area contributed by atoms with Gasteiger partial charge in [0.15, 0.2) is 5.82 Å². The second-order valence-corrected chi connectivity index (χ2v) is 4.08. The lowest BCUT2D eigenvalue weighted by Gasteiger charge is -2.05.